The molecular formula is C16H18N2O2. The molecule has 0 aliphatic carbocycles. The number of carbonyl (C=O) groups excluding carboxylic acids is 2. The molecule has 1 aliphatic heterocycles. The van der Waals surface area contributed by atoms with Crippen molar-refractivity contribution in [3.05, 3.63) is 35.9 Å². The number of nitrogens with one attached hydrogen (secondary N) is 1. The van der Waals surface area contributed by atoms with E-state index in [4.69, 9.17) is 6.42 Å². The van der Waals surface area contributed by atoms with E-state index in [2.05, 4.69) is 11.2 Å². The molecule has 4 nitrogen and oxygen atoms in total. The van der Waals surface area contributed by atoms with Crippen molar-refractivity contribution in [3.63, 3.8) is 0 Å². The van der Waals surface area contributed by atoms with Gasteiger partial charge in [-0.25, -0.2) is 0 Å². The summed E-state index contributed by atoms with van der Waals surface area (Å²) < 4.78 is 0. The van der Waals surface area contributed by atoms with Crippen molar-refractivity contribution in [2.24, 2.45) is 5.92 Å². The van der Waals surface area contributed by atoms with Gasteiger partial charge in [0.05, 0.1) is 6.54 Å². The van der Waals surface area contributed by atoms with E-state index in [9.17, 15) is 9.59 Å². The molecule has 2 atom stereocenters. The van der Waals surface area contributed by atoms with Crippen LogP contribution in [0.4, 0.5) is 0 Å². The first kappa shape index (κ1) is 14.1. The van der Waals surface area contributed by atoms with Crippen LogP contribution < -0.4 is 5.32 Å². The summed E-state index contributed by atoms with van der Waals surface area (Å²) in [6.45, 7) is 3.96. The van der Waals surface area contributed by atoms with Crippen molar-refractivity contribution >= 4 is 11.8 Å². The summed E-state index contributed by atoms with van der Waals surface area (Å²) in [5.74, 6) is 2.19. The van der Waals surface area contributed by atoms with Crippen LogP contribution in [0.1, 0.15) is 25.5 Å². The van der Waals surface area contributed by atoms with Gasteiger partial charge >= 0.3 is 0 Å². The minimum Gasteiger partial charge on any atom is -0.339 e. The molecule has 0 radical (unpaired) electrons. The van der Waals surface area contributed by atoms with Crippen molar-refractivity contribution < 1.29 is 9.59 Å². The highest BCUT2D eigenvalue weighted by molar-refractivity contribution is 5.97. The lowest BCUT2D eigenvalue weighted by Gasteiger charge is -2.40. The number of terminal acetylenes is 1. The minimum absolute atomic E-state index is 0.0176. The van der Waals surface area contributed by atoms with Gasteiger partial charge in [0, 0.05) is 0 Å². The van der Waals surface area contributed by atoms with E-state index in [1.165, 1.54) is 4.90 Å². The van der Waals surface area contributed by atoms with E-state index in [0.29, 0.717) is 0 Å². The summed E-state index contributed by atoms with van der Waals surface area (Å²) in [5, 5.41) is 2.80. The molecule has 20 heavy (non-hydrogen) atoms. The topological polar surface area (TPSA) is 49.4 Å². The number of nitrogens with zero attached hydrogens (tertiary/aromatic N) is 1. The van der Waals surface area contributed by atoms with Crippen LogP contribution in [0, 0.1) is 18.3 Å². The lowest BCUT2D eigenvalue weighted by atomic mass is 9.94. The second kappa shape index (κ2) is 5.79. The van der Waals surface area contributed by atoms with E-state index in [1.54, 1.807) is 0 Å². The molecular weight excluding hydrogens is 252 g/mol. The zero-order valence-corrected chi connectivity index (χ0v) is 11.7. The van der Waals surface area contributed by atoms with Gasteiger partial charge in [0.25, 0.3) is 5.91 Å². The van der Waals surface area contributed by atoms with Crippen LogP contribution in [0.3, 0.4) is 0 Å². The van der Waals surface area contributed by atoms with Gasteiger partial charge in [0.2, 0.25) is 5.91 Å². The van der Waals surface area contributed by atoms with Crippen LogP contribution >= 0.6 is 0 Å². The molecule has 104 valence electrons. The zero-order valence-electron chi connectivity index (χ0n) is 11.7. The second-order valence-electron chi connectivity index (χ2n) is 5.21. The number of piperazine rings is 1. The summed E-state index contributed by atoms with van der Waals surface area (Å²) in [6, 6.07) is 8.06. The Morgan fingerprint density at radius 3 is 2.50 bits per heavy atom. The van der Waals surface area contributed by atoms with Gasteiger partial charge in [-0.05, 0) is 11.5 Å². The van der Waals surface area contributed by atoms with Crippen molar-refractivity contribution in [3.8, 4) is 12.3 Å². The number of carbonyl (C=O) groups is 2. The zero-order chi connectivity index (χ0) is 14.7. The summed E-state index contributed by atoms with van der Waals surface area (Å²) in [6.07, 6.45) is 5.34. The Morgan fingerprint density at radius 2 is 1.95 bits per heavy atom. The van der Waals surface area contributed by atoms with E-state index in [-0.39, 0.29) is 24.3 Å². The standard InChI is InChI=1S/C16H18N2O2/c1-4-10-18-14(11(2)3)15(19)17-13(16(18)20)12-8-6-5-7-9-12/h1,5-9,11,13-14H,10H2,2-3H3,(H,17,19). The van der Waals surface area contributed by atoms with E-state index >= 15 is 0 Å². The fraction of sp³-hybridized carbons (Fsp3) is 0.375. The van der Waals surface area contributed by atoms with Gasteiger partial charge in [-0.3, -0.25) is 9.59 Å². The fourth-order valence-corrected chi connectivity index (χ4v) is 2.54. The highest BCUT2D eigenvalue weighted by atomic mass is 16.2. The number of hydrogen-bond donors (Lipinski definition) is 1. The molecule has 1 aliphatic rings. The minimum atomic E-state index is -0.646. The van der Waals surface area contributed by atoms with Crippen LogP contribution in [0.5, 0.6) is 0 Å². The number of hydrogen-bond acceptors (Lipinski definition) is 2. The quantitative estimate of drug-likeness (QED) is 0.843. The van der Waals surface area contributed by atoms with Crippen LogP contribution in [0.2, 0.25) is 0 Å². The van der Waals surface area contributed by atoms with Gasteiger partial charge < -0.3 is 10.2 Å². The average Bonchev–Trinajstić information content (AvgIpc) is 2.43. The monoisotopic (exact) mass is 270 g/mol. The molecule has 1 aromatic carbocycles. The molecule has 4 heteroatoms. The normalized spacial score (nSPS) is 22.6. The Morgan fingerprint density at radius 1 is 1.30 bits per heavy atom. The summed E-state index contributed by atoms with van der Waals surface area (Å²) in [4.78, 5) is 26.4. The highest BCUT2D eigenvalue weighted by Gasteiger charge is 2.42. The van der Waals surface area contributed by atoms with Crippen molar-refractivity contribution in [2.45, 2.75) is 25.9 Å². The molecule has 1 aromatic rings. The maximum Gasteiger partial charge on any atom is 0.251 e. The molecule has 0 aromatic heterocycles. The molecule has 0 saturated carbocycles. The molecule has 2 rings (SSSR count). The third-order valence-electron chi connectivity index (χ3n) is 3.45. The number of rotatable bonds is 3. The predicted molar refractivity (Wildman–Crippen MR) is 76.5 cm³/mol. The van der Waals surface area contributed by atoms with Crippen molar-refractivity contribution in [1.29, 1.82) is 0 Å². The first-order chi connectivity index (χ1) is 9.56. The Bertz CT molecular complexity index is 545. The molecule has 1 saturated heterocycles. The maximum absolute atomic E-state index is 12.6. The molecule has 2 amide bonds. The van der Waals surface area contributed by atoms with Crippen molar-refractivity contribution in [2.75, 3.05) is 6.54 Å². The third-order valence-corrected chi connectivity index (χ3v) is 3.45. The van der Waals surface area contributed by atoms with Gasteiger partial charge in [-0.2, -0.15) is 0 Å². The van der Waals surface area contributed by atoms with E-state index in [1.807, 2.05) is 44.2 Å². The Hall–Kier alpha value is -2.28. The van der Waals surface area contributed by atoms with Gasteiger partial charge in [-0.1, -0.05) is 50.1 Å². The summed E-state index contributed by atoms with van der Waals surface area (Å²) in [5.41, 5.74) is 0.773. The second-order valence-corrected chi connectivity index (χ2v) is 5.21. The van der Waals surface area contributed by atoms with Crippen LogP contribution in [0.25, 0.3) is 0 Å². The largest absolute Gasteiger partial charge is 0.339 e. The third kappa shape index (κ3) is 2.53. The molecule has 1 N–H and O–H groups in total. The van der Waals surface area contributed by atoms with Crippen molar-refractivity contribution in [1.82, 2.24) is 10.2 Å². The fourth-order valence-electron chi connectivity index (χ4n) is 2.54. The molecule has 0 bridgehead atoms. The molecule has 1 heterocycles. The van der Waals surface area contributed by atoms with E-state index < -0.39 is 12.1 Å². The van der Waals surface area contributed by atoms with Gasteiger partial charge in [0.1, 0.15) is 12.1 Å². The maximum atomic E-state index is 12.6. The Labute approximate surface area is 119 Å². The molecule has 1 fully saturated rings. The number of benzene rings is 1. The first-order valence-corrected chi connectivity index (χ1v) is 6.65. The predicted octanol–water partition coefficient (Wildman–Crippen LogP) is 1.34. The van der Waals surface area contributed by atoms with E-state index in [0.717, 1.165) is 5.56 Å². The summed E-state index contributed by atoms with van der Waals surface area (Å²) >= 11 is 0. The molecule has 0 spiro atoms. The Kier molecular flexibility index (Phi) is 4.09. The van der Waals surface area contributed by atoms with Crippen LogP contribution in [0.15, 0.2) is 30.3 Å². The van der Waals surface area contributed by atoms with Crippen LogP contribution in [-0.2, 0) is 9.59 Å². The SMILES string of the molecule is C#CCN1C(=O)C(c2ccccc2)NC(=O)C1C(C)C. The van der Waals surface area contributed by atoms with Gasteiger partial charge in [0.15, 0.2) is 0 Å². The average molecular weight is 270 g/mol. The Balaban J connectivity index is 2.34. The highest BCUT2D eigenvalue weighted by Crippen LogP contribution is 2.24. The van der Waals surface area contributed by atoms with Gasteiger partial charge in [-0.15, -0.1) is 6.42 Å². The lowest BCUT2D eigenvalue weighted by Crippen LogP contribution is -2.61. The number of amides is 2. The summed E-state index contributed by atoms with van der Waals surface area (Å²) in [7, 11) is 0. The van der Waals surface area contributed by atoms with Crippen LogP contribution in [-0.4, -0.2) is 29.3 Å². The molecule has 2 unspecified atom stereocenters. The lowest BCUT2D eigenvalue weighted by molar-refractivity contribution is -0.150. The first-order valence-electron chi connectivity index (χ1n) is 6.65. The smallest absolute Gasteiger partial charge is 0.251 e.